The molecule has 192 valence electrons. The van der Waals surface area contributed by atoms with Crippen LogP contribution in [0, 0.1) is 0 Å². The molecular formula is C25H23F3N6O3. The highest BCUT2D eigenvalue weighted by molar-refractivity contribution is 6.01. The first-order chi connectivity index (χ1) is 17.6. The Balaban J connectivity index is 1.43. The number of aromatic amines is 1. The van der Waals surface area contributed by atoms with Crippen LogP contribution in [0.4, 0.5) is 24.7 Å². The van der Waals surface area contributed by atoms with Crippen LogP contribution in [0.25, 0.3) is 22.2 Å². The topological polar surface area (TPSA) is 119 Å². The van der Waals surface area contributed by atoms with E-state index in [2.05, 4.69) is 20.0 Å². The standard InChI is InChI=1S/C25H23F3N6O3/c1-2-9-34-22-20(23(29)30-31-24(22)36)21(32-34)16-6-7-18-15(13-16)8-10-33(18)19(35)12-14-4-3-5-17(11-14)37-25(26,27)28/h3-7,11,13H,2,8-10,12H2,1H3,(H2,29,30)(H,31,36). The number of nitrogen functional groups attached to an aromatic ring is 1. The molecule has 37 heavy (non-hydrogen) atoms. The number of aromatic nitrogens is 4. The predicted molar refractivity (Wildman–Crippen MR) is 131 cm³/mol. The van der Waals surface area contributed by atoms with Gasteiger partial charge in [0.1, 0.15) is 17.0 Å². The van der Waals surface area contributed by atoms with Crippen LogP contribution in [-0.4, -0.2) is 38.8 Å². The molecule has 0 bridgehead atoms. The van der Waals surface area contributed by atoms with Crippen LogP contribution in [0.1, 0.15) is 24.5 Å². The summed E-state index contributed by atoms with van der Waals surface area (Å²) in [7, 11) is 0. The number of aryl methyl sites for hydroxylation is 1. The first kappa shape index (κ1) is 24.3. The van der Waals surface area contributed by atoms with Crippen LogP contribution < -0.4 is 20.9 Å². The molecule has 0 atom stereocenters. The first-order valence-corrected chi connectivity index (χ1v) is 11.7. The minimum atomic E-state index is -4.81. The number of amides is 1. The Hall–Kier alpha value is -4.35. The van der Waals surface area contributed by atoms with Crippen molar-refractivity contribution in [3.05, 3.63) is 63.9 Å². The molecule has 1 amide bonds. The van der Waals surface area contributed by atoms with Crippen LogP contribution in [0.15, 0.2) is 47.3 Å². The Kier molecular flexibility index (Phi) is 6.10. The van der Waals surface area contributed by atoms with Gasteiger partial charge in [-0.25, -0.2) is 5.10 Å². The SMILES string of the molecule is CCCn1nc(-c2ccc3c(c2)CCN3C(=O)Cc2cccc(OC(F)(F)F)c2)c2c(N)n[nH]c(=O)c21. The molecule has 0 radical (unpaired) electrons. The number of ether oxygens (including phenoxy) is 1. The zero-order chi connectivity index (χ0) is 26.3. The van der Waals surface area contributed by atoms with Gasteiger partial charge in [0, 0.05) is 24.3 Å². The monoisotopic (exact) mass is 512 g/mol. The van der Waals surface area contributed by atoms with Crippen LogP contribution in [0.3, 0.4) is 0 Å². The number of carbonyl (C=O) groups excluding carboxylic acids is 1. The van der Waals surface area contributed by atoms with Gasteiger partial charge in [-0.3, -0.25) is 14.3 Å². The second-order valence-electron chi connectivity index (χ2n) is 8.74. The van der Waals surface area contributed by atoms with E-state index < -0.39 is 6.36 Å². The molecule has 2 aromatic carbocycles. The molecule has 9 nitrogen and oxygen atoms in total. The van der Waals surface area contributed by atoms with E-state index in [4.69, 9.17) is 5.73 Å². The molecule has 0 saturated carbocycles. The predicted octanol–water partition coefficient (Wildman–Crippen LogP) is 3.81. The molecule has 0 fully saturated rings. The lowest BCUT2D eigenvalue weighted by Gasteiger charge is -2.18. The van der Waals surface area contributed by atoms with Crippen molar-refractivity contribution >= 4 is 28.3 Å². The third-order valence-corrected chi connectivity index (χ3v) is 6.17. The largest absolute Gasteiger partial charge is 0.573 e. The maximum absolute atomic E-state index is 13.0. The summed E-state index contributed by atoms with van der Waals surface area (Å²) >= 11 is 0. The number of anilines is 2. The van der Waals surface area contributed by atoms with Crippen LogP contribution >= 0.6 is 0 Å². The molecule has 3 N–H and O–H groups in total. The number of fused-ring (bicyclic) bond motifs is 2. The van der Waals surface area contributed by atoms with Gasteiger partial charge in [-0.2, -0.15) is 10.2 Å². The minimum absolute atomic E-state index is 0.0761. The lowest BCUT2D eigenvalue weighted by Crippen LogP contribution is -2.30. The zero-order valence-electron chi connectivity index (χ0n) is 19.8. The molecule has 0 spiro atoms. The smallest absolute Gasteiger partial charge is 0.406 e. The number of H-pyrrole nitrogens is 1. The normalized spacial score (nSPS) is 13.2. The lowest BCUT2D eigenvalue weighted by atomic mass is 10.0. The van der Waals surface area contributed by atoms with Crippen LogP contribution in [0.2, 0.25) is 0 Å². The summed E-state index contributed by atoms with van der Waals surface area (Å²) in [4.78, 5) is 27.1. The molecule has 3 heterocycles. The summed E-state index contributed by atoms with van der Waals surface area (Å²) in [6, 6.07) is 10.9. The second kappa shape index (κ2) is 9.26. The van der Waals surface area contributed by atoms with Crippen molar-refractivity contribution in [3.63, 3.8) is 0 Å². The van der Waals surface area contributed by atoms with Gasteiger partial charge < -0.3 is 15.4 Å². The van der Waals surface area contributed by atoms with Gasteiger partial charge in [0.15, 0.2) is 5.82 Å². The van der Waals surface area contributed by atoms with E-state index in [0.717, 1.165) is 23.2 Å². The van der Waals surface area contributed by atoms with Gasteiger partial charge in [0.2, 0.25) is 5.91 Å². The number of benzene rings is 2. The highest BCUT2D eigenvalue weighted by Crippen LogP contribution is 2.36. The Labute approximate surface area is 208 Å². The number of alkyl halides is 3. The molecule has 0 saturated heterocycles. The van der Waals surface area contributed by atoms with E-state index in [1.165, 1.54) is 18.2 Å². The number of rotatable bonds is 6. The maximum atomic E-state index is 13.0. The van der Waals surface area contributed by atoms with Crippen molar-refractivity contribution in [2.24, 2.45) is 0 Å². The highest BCUT2D eigenvalue weighted by Gasteiger charge is 2.31. The molecule has 2 aromatic heterocycles. The lowest BCUT2D eigenvalue weighted by molar-refractivity contribution is -0.274. The van der Waals surface area contributed by atoms with Crippen molar-refractivity contribution in [3.8, 4) is 17.0 Å². The Morgan fingerprint density at radius 3 is 2.78 bits per heavy atom. The Morgan fingerprint density at radius 2 is 2.03 bits per heavy atom. The number of nitrogens with zero attached hydrogens (tertiary/aromatic N) is 4. The van der Waals surface area contributed by atoms with Gasteiger partial charge >= 0.3 is 6.36 Å². The summed E-state index contributed by atoms with van der Waals surface area (Å²) < 4.78 is 43.2. The van der Waals surface area contributed by atoms with Crippen molar-refractivity contribution in [2.75, 3.05) is 17.2 Å². The first-order valence-electron chi connectivity index (χ1n) is 11.7. The summed E-state index contributed by atoms with van der Waals surface area (Å²) in [6.07, 6.45) is -3.52. The van der Waals surface area contributed by atoms with Gasteiger partial charge in [0.05, 0.1) is 11.8 Å². The van der Waals surface area contributed by atoms with E-state index in [1.54, 1.807) is 27.8 Å². The average Bonchev–Trinajstić information content (AvgIpc) is 3.43. The zero-order valence-corrected chi connectivity index (χ0v) is 19.8. The fourth-order valence-electron chi connectivity index (χ4n) is 4.66. The Bertz CT molecular complexity index is 1560. The summed E-state index contributed by atoms with van der Waals surface area (Å²) in [5.74, 6) is -0.444. The number of carbonyl (C=O) groups is 1. The molecule has 12 heteroatoms. The second-order valence-corrected chi connectivity index (χ2v) is 8.74. The molecule has 1 aliphatic heterocycles. The van der Waals surface area contributed by atoms with E-state index in [0.29, 0.717) is 41.7 Å². The third-order valence-electron chi connectivity index (χ3n) is 6.17. The van der Waals surface area contributed by atoms with Gasteiger partial charge in [-0.1, -0.05) is 25.1 Å². The molecule has 0 unspecified atom stereocenters. The van der Waals surface area contributed by atoms with Crippen molar-refractivity contribution in [2.45, 2.75) is 39.1 Å². The minimum Gasteiger partial charge on any atom is -0.406 e. The Morgan fingerprint density at radius 1 is 1.22 bits per heavy atom. The number of nitrogens with two attached hydrogens (primary N) is 1. The van der Waals surface area contributed by atoms with E-state index in [-0.39, 0.29) is 29.5 Å². The summed E-state index contributed by atoms with van der Waals surface area (Å²) in [5.41, 5.74) is 9.41. The molecule has 0 aliphatic carbocycles. The fraction of sp³-hybridized carbons (Fsp3) is 0.280. The third kappa shape index (κ3) is 4.74. The number of hydrogen-bond acceptors (Lipinski definition) is 6. The number of halogens is 3. The fourth-order valence-corrected chi connectivity index (χ4v) is 4.66. The van der Waals surface area contributed by atoms with E-state index in [1.807, 2.05) is 13.0 Å². The van der Waals surface area contributed by atoms with Gasteiger partial charge in [0.25, 0.3) is 5.56 Å². The molecule has 4 aromatic rings. The average molecular weight is 512 g/mol. The molecule has 1 aliphatic rings. The summed E-state index contributed by atoms with van der Waals surface area (Å²) in [5, 5.41) is 11.4. The van der Waals surface area contributed by atoms with Gasteiger partial charge in [-0.15, -0.1) is 13.2 Å². The molecule has 5 rings (SSSR count). The highest BCUT2D eigenvalue weighted by atomic mass is 19.4. The van der Waals surface area contributed by atoms with Gasteiger partial charge in [-0.05, 0) is 48.2 Å². The van der Waals surface area contributed by atoms with Crippen molar-refractivity contribution < 1.29 is 22.7 Å². The number of hydrogen-bond donors (Lipinski definition) is 2. The van der Waals surface area contributed by atoms with Crippen LogP contribution in [-0.2, 0) is 24.2 Å². The molecular weight excluding hydrogens is 489 g/mol. The van der Waals surface area contributed by atoms with Crippen molar-refractivity contribution in [1.29, 1.82) is 0 Å². The van der Waals surface area contributed by atoms with E-state index in [9.17, 15) is 22.8 Å². The number of nitrogens with one attached hydrogen (secondary N) is 1. The van der Waals surface area contributed by atoms with Crippen LogP contribution in [0.5, 0.6) is 5.75 Å². The maximum Gasteiger partial charge on any atom is 0.573 e. The van der Waals surface area contributed by atoms with E-state index >= 15 is 0 Å². The van der Waals surface area contributed by atoms with Crippen molar-refractivity contribution in [1.82, 2.24) is 20.0 Å². The quantitative estimate of drug-likeness (QED) is 0.406. The summed E-state index contributed by atoms with van der Waals surface area (Å²) in [6.45, 7) is 2.95.